The summed E-state index contributed by atoms with van der Waals surface area (Å²) in [6.45, 7) is 8.33. The summed E-state index contributed by atoms with van der Waals surface area (Å²) in [6, 6.07) is 7.70. The highest BCUT2D eigenvalue weighted by Crippen LogP contribution is 2.33. The Morgan fingerprint density at radius 1 is 1.20 bits per heavy atom. The van der Waals surface area contributed by atoms with E-state index in [0.29, 0.717) is 18.2 Å². The van der Waals surface area contributed by atoms with Gasteiger partial charge in [0, 0.05) is 16.5 Å². The van der Waals surface area contributed by atoms with Gasteiger partial charge < -0.3 is 9.72 Å². The zero-order valence-electron chi connectivity index (χ0n) is 18.0. The van der Waals surface area contributed by atoms with E-state index < -0.39 is 0 Å². The van der Waals surface area contributed by atoms with E-state index in [2.05, 4.69) is 39.3 Å². The molecule has 160 valence electrons. The van der Waals surface area contributed by atoms with Crippen LogP contribution >= 0.6 is 0 Å². The molecule has 0 amide bonds. The summed E-state index contributed by atoms with van der Waals surface area (Å²) in [6.07, 6.45) is 4.54. The van der Waals surface area contributed by atoms with Crippen molar-refractivity contribution in [2.45, 2.75) is 58.5 Å². The Balaban J connectivity index is 1.85. The average Bonchev–Trinajstić information content (AvgIpc) is 3.44. The lowest BCUT2D eigenvalue weighted by molar-refractivity contribution is 0.230. The molecular weight excluding hydrogens is 380 g/mol. The standard InChI is InChI=1S/C22H30N6O2/c1-4-27(5-2)20(21-24-25-26-28(21)16-9-7-8-10-16)18-14-15-13-17(30-6-3)11-12-19(15)23-22(18)29/h11-14,16,20H,4-10H2,1-3H3,(H,23,29)/t20-/m1/s1. The lowest BCUT2D eigenvalue weighted by atomic mass is 10.0. The van der Waals surface area contributed by atoms with E-state index in [9.17, 15) is 4.79 Å². The quantitative estimate of drug-likeness (QED) is 0.612. The number of aromatic nitrogens is 5. The van der Waals surface area contributed by atoms with Crippen molar-refractivity contribution in [3.8, 4) is 5.75 Å². The van der Waals surface area contributed by atoms with Gasteiger partial charge in [-0.2, -0.15) is 0 Å². The molecule has 0 spiro atoms. The summed E-state index contributed by atoms with van der Waals surface area (Å²) < 4.78 is 7.61. The van der Waals surface area contributed by atoms with Gasteiger partial charge in [0.1, 0.15) is 11.8 Å². The molecule has 4 rings (SSSR count). The molecule has 2 aromatic heterocycles. The third-order valence-corrected chi connectivity index (χ3v) is 6.06. The highest BCUT2D eigenvalue weighted by atomic mass is 16.5. The van der Waals surface area contributed by atoms with E-state index in [0.717, 1.165) is 48.4 Å². The molecule has 1 N–H and O–H groups in total. The first-order valence-corrected chi connectivity index (χ1v) is 11.0. The largest absolute Gasteiger partial charge is 0.494 e. The van der Waals surface area contributed by atoms with Gasteiger partial charge >= 0.3 is 0 Å². The minimum absolute atomic E-state index is 0.107. The van der Waals surface area contributed by atoms with Crippen LogP contribution in [-0.2, 0) is 0 Å². The number of hydrogen-bond donors (Lipinski definition) is 1. The van der Waals surface area contributed by atoms with Crippen LogP contribution in [0.15, 0.2) is 29.1 Å². The third-order valence-electron chi connectivity index (χ3n) is 6.06. The molecule has 1 aromatic carbocycles. The van der Waals surface area contributed by atoms with Crippen LogP contribution in [0.4, 0.5) is 0 Å². The molecular formula is C22H30N6O2. The van der Waals surface area contributed by atoms with Gasteiger partial charge in [-0.15, -0.1) is 5.10 Å². The molecule has 1 atom stereocenters. The van der Waals surface area contributed by atoms with Crippen molar-refractivity contribution in [2.24, 2.45) is 0 Å². The smallest absolute Gasteiger partial charge is 0.253 e. The first kappa shape index (κ1) is 20.5. The molecule has 1 fully saturated rings. The van der Waals surface area contributed by atoms with E-state index in [1.807, 2.05) is 35.9 Å². The van der Waals surface area contributed by atoms with Crippen LogP contribution in [0.3, 0.4) is 0 Å². The first-order chi connectivity index (χ1) is 14.7. The summed E-state index contributed by atoms with van der Waals surface area (Å²) in [5.41, 5.74) is 1.35. The van der Waals surface area contributed by atoms with Crippen molar-refractivity contribution in [1.29, 1.82) is 0 Å². The molecule has 0 aliphatic heterocycles. The highest BCUT2D eigenvalue weighted by molar-refractivity contribution is 5.80. The second kappa shape index (κ2) is 8.95. The number of rotatable bonds is 8. The zero-order valence-corrected chi connectivity index (χ0v) is 18.0. The fourth-order valence-electron chi connectivity index (χ4n) is 4.54. The molecule has 0 radical (unpaired) electrons. The van der Waals surface area contributed by atoms with Crippen molar-refractivity contribution in [3.63, 3.8) is 0 Å². The average molecular weight is 411 g/mol. The fourth-order valence-corrected chi connectivity index (χ4v) is 4.54. The van der Waals surface area contributed by atoms with Crippen LogP contribution in [0, 0.1) is 0 Å². The topological polar surface area (TPSA) is 88.9 Å². The number of nitrogens with one attached hydrogen (secondary N) is 1. The number of fused-ring (bicyclic) bond motifs is 1. The van der Waals surface area contributed by atoms with Crippen LogP contribution in [0.1, 0.15) is 69.9 Å². The highest BCUT2D eigenvalue weighted by Gasteiger charge is 2.32. The third kappa shape index (κ3) is 3.84. The Kier molecular flexibility index (Phi) is 6.13. The number of hydrogen-bond acceptors (Lipinski definition) is 6. The summed E-state index contributed by atoms with van der Waals surface area (Å²) in [7, 11) is 0. The van der Waals surface area contributed by atoms with Crippen LogP contribution in [-0.4, -0.2) is 49.8 Å². The van der Waals surface area contributed by atoms with E-state index in [-0.39, 0.29) is 11.6 Å². The Morgan fingerprint density at radius 2 is 1.97 bits per heavy atom. The van der Waals surface area contributed by atoms with Gasteiger partial charge in [-0.3, -0.25) is 9.69 Å². The molecule has 0 bridgehead atoms. The molecule has 8 heteroatoms. The van der Waals surface area contributed by atoms with Gasteiger partial charge in [-0.1, -0.05) is 26.7 Å². The van der Waals surface area contributed by atoms with Crippen molar-refractivity contribution < 1.29 is 4.74 Å². The minimum atomic E-state index is -0.306. The SMILES string of the molecule is CCOc1ccc2[nH]c(=O)c([C@H](c3nnnn3C3CCCC3)N(CC)CC)cc2c1. The second-order valence-corrected chi connectivity index (χ2v) is 7.78. The molecule has 1 saturated carbocycles. The maximum Gasteiger partial charge on any atom is 0.253 e. The van der Waals surface area contributed by atoms with Gasteiger partial charge in [0.15, 0.2) is 5.82 Å². The van der Waals surface area contributed by atoms with Gasteiger partial charge in [-0.25, -0.2) is 4.68 Å². The van der Waals surface area contributed by atoms with Gasteiger partial charge in [0.2, 0.25) is 0 Å². The number of benzene rings is 1. The summed E-state index contributed by atoms with van der Waals surface area (Å²) in [5.74, 6) is 1.54. The lowest BCUT2D eigenvalue weighted by Crippen LogP contribution is -2.35. The van der Waals surface area contributed by atoms with Crippen molar-refractivity contribution in [1.82, 2.24) is 30.1 Å². The molecule has 8 nitrogen and oxygen atoms in total. The molecule has 0 unspecified atom stereocenters. The Hall–Kier alpha value is -2.74. The summed E-state index contributed by atoms with van der Waals surface area (Å²) in [5, 5.41) is 13.7. The predicted octanol–water partition coefficient (Wildman–Crippen LogP) is 3.46. The van der Waals surface area contributed by atoms with Crippen molar-refractivity contribution in [3.05, 3.63) is 46.0 Å². The maximum atomic E-state index is 13.2. The first-order valence-electron chi connectivity index (χ1n) is 11.0. The van der Waals surface area contributed by atoms with Crippen LogP contribution in [0.5, 0.6) is 5.75 Å². The van der Waals surface area contributed by atoms with E-state index in [4.69, 9.17) is 4.74 Å². The molecule has 30 heavy (non-hydrogen) atoms. The van der Waals surface area contributed by atoms with Crippen molar-refractivity contribution >= 4 is 10.9 Å². The summed E-state index contributed by atoms with van der Waals surface area (Å²) in [4.78, 5) is 18.4. The molecule has 2 heterocycles. The number of tetrazole rings is 1. The Morgan fingerprint density at radius 3 is 2.67 bits per heavy atom. The minimum Gasteiger partial charge on any atom is -0.494 e. The maximum absolute atomic E-state index is 13.2. The Bertz CT molecular complexity index is 1050. The van der Waals surface area contributed by atoms with E-state index in [1.165, 1.54) is 12.8 Å². The van der Waals surface area contributed by atoms with Crippen molar-refractivity contribution in [2.75, 3.05) is 19.7 Å². The molecule has 3 aromatic rings. The fraction of sp³-hybridized carbons (Fsp3) is 0.545. The Labute approximate surface area is 176 Å². The van der Waals surface area contributed by atoms with Crippen LogP contribution in [0.25, 0.3) is 10.9 Å². The van der Waals surface area contributed by atoms with E-state index in [1.54, 1.807) is 0 Å². The molecule has 0 saturated heterocycles. The van der Waals surface area contributed by atoms with E-state index >= 15 is 0 Å². The lowest BCUT2D eigenvalue weighted by Gasteiger charge is -2.29. The van der Waals surface area contributed by atoms with Crippen LogP contribution < -0.4 is 10.3 Å². The monoisotopic (exact) mass is 410 g/mol. The predicted molar refractivity (Wildman–Crippen MR) is 116 cm³/mol. The summed E-state index contributed by atoms with van der Waals surface area (Å²) >= 11 is 0. The number of pyridine rings is 1. The zero-order chi connectivity index (χ0) is 21.1. The van der Waals surface area contributed by atoms with Gasteiger partial charge in [-0.05, 0) is 67.5 Å². The number of nitrogens with zero attached hydrogens (tertiary/aromatic N) is 5. The number of H-pyrrole nitrogens is 1. The van der Waals surface area contributed by atoms with Gasteiger partial charge in [0.05, 0.1) is 12.6 Å². The normalized spacial score (nSPS) is 15.9. The second-order valence-electron chi connectivity index (χ2n) is 7.78. The van der Waals surface area contributed by atoms with Gasteiger partial charge in [0.25, 0.3) is 5.56 Å². The van der Waals surface area contributed by atoms with Crippen LogP contribution in [0.2, 0.25) is 0 Å². The number of aromatic amines is 1. The molecule has 1 aliphatic rings. The number of ether oxygens (including phenoxy) is 1. The molecule has 1 aliphatic carbocycles.